The molecular formula is C8H17F2NO2. The third-order valence-corrected chi connectivity index (χ3v) is 1.53. The smallest absolute Gasteiger partial charge is 0.282 e. The minimum Gasteiger partial charge on any atom is -0.390 e. The van der Waals surface area contributed by atoms with Gasteiger partial charge in [0.15, 0.2) is 0 Å². The molecule has 0 heterocycles. The van der Waals surface area contributed by atoms with Gasteiger partial charge in [-0.05, 0) is 26.8 Å². The molecule has 0 aromatic rings. The Labute approximate surface area is 76.8 Å². The number of rotatable bonds is 6. The first-order chi connectivity index (χ1) is 5.77. The summed E-state index contributed by atoms with van der Waals surface area (Å²) in [7, 11) is 0. The summed E-state index contributed by atoms with van der Waals surface area (Å²) in [4.78, 5) is 0. The zero-order valence-corrected chi connectivity index (χ0v) is 7.98. The highest BCUT2D eigenvalue weighted by molar-refractivity contribution is 4.71. The fourth-order valence-electron chi connectivity index (χ4n) is 0.721. The maximum atomic E-state index is 12.4. The van der Waals surface area contributed by atoms with Gasteiger partial charge >= 0.3 is 0 Å². The normalized spacial score (nSPS) is 13.4. The van der Waals surface area contributed by atoms with Crippen molar-refractivity contribution in [2.45, 2.75) is 31.8 Å². The predicted molar refractivity (Wildman–Crippen MR) is 45.8 cm³/mol. The second-order valence-corrected chi connectivity index (χ2v) is 3.75. The Balaban J connectivity index is 3.47. The molecule has 0 aliphatic carbocycles. The highest BCUT2D eigenvalue weighted by Gasteiger charge is 2.26. The van der Waals surface area contributed by atoms with Gasteiger partial charge in [0.2, 0.25) is 0 Å². The Morgan fingerprint density at radius 2 is 1.85 bits per heavy atom. The number of alkyl halides is 2. The van der Waals surface area contributed by atoms with E-state index in [4.69, 9.17) is 5.11 Å². The van der Waals surface area contributed by atoms with Crippen LogP contribution in [0.3, 0.4) is 0 Å². The summed E-state index contributed by atoms with van der Waals surface area (Å²) in [6, 6.07) is 0. The van der Waals surface area contributed by atoms with Gasteiger partial charge in [0.25, 0.3) is 5.92 Å². The molecule has 0 radical (unpaired) electrons. The van der Waals surface area contributed by atoms with Crippen molar-refractivity contribution in [3.63, 3.8) is 0 Å². The first kappa shape index (κ1) is 12.7. The predicted octanol–water partition coefficient (Wildman–Crippen LogP) is 0.365. The van der Waals surface area contributed by atoms with Crippen LogP contribution in [0.15, 0.2) is 0 Å². The SMILES string of the molecule is CC(C)(O)CCNCC(F)(F)CO. The molecule has 0 aliphatic heterocycles. The van der Waals surface area contributed by atoms with Crippen molar-refractivity contribution >= 4 is 0 Å². The molecule has 0 aromatic heterocycles. The van der Waals surface area contributed by atoms with Gasteiger partial charge in [0.1, 0.15) is 6.61 Å². The molecule has 0 aliphatic rings. The average molecular weight is 197 g/mol. The van der Waals surface area contributed by atoms with Gasteiger partial charge in [0.05, 0.1) is 12.1 Å². The molecule has 0 saturated carbocycles. The van der Waals surface area contributed by atoms with E-state index in [1.807, 2.05) is 0 Å². The lowest BCUT2D eigenvalue weighted by molar-refractivity contribution is -0.0484. The van der Waals surface area contributed by atoms with E-state index in [1.54, 1.807) is 13.8 Å². The van der Waals surface area contributed by atoms with Crippen LogP contribution in [-0.4, -0.2) is 41.4 Å². The number of hydrogen-bond acceptors (Lipinski definition) is 3. The fraction of sp³-hybridized carbons (Fsp3) is 1.00. The van der Waals surface area contributed by atoms with Gasteiger partial charge in [0, 0.05) is 0 Å². The molecule has 0 bridgehead atoms. The highest BCUT2D eigenvalue weighted by atomic mass is 19.3. The molecule has 80 valence electrons. The first-order valence-electron chi connectivity index (χ1n) is 4.19. The number of halogens is 2. The number of hydrogen-bond donors (Lipinski definition) is 3. The van der Waals surface area contributed by atoms with Gasteiger partial charge in [-0.25, -0.2) is 8.78 Å². The second kappa shape index (κ2) is 4.83. The van der Waals surface area contributed by atoms with Crippen molar-refractivity contribution in [3.8, 4) is 0 Å². The Kier molecular flexibility index (Phi) is 4.74. The summed E-state index contributed by atoms with van der Waals surface area (Å²) in [5.74, 6) is -3.07. The van der Waals surface area contributed by atoms with Crippen LogP contribution in [-0.2, 0) is 0 Å². The monoisotopic (exact) mass is 197 g/mol. The molecule has 3 nitrogen and oxygen atoms in total. The van der Waals surface area contributed by atoms with Crippen molar-refractivity contribution < 1.29 is 19.0 Å². The number of nitrogens with one attached hydrogen (secondary N) is 1. The van der Waals surface area contributed by atoms with Gasteiger partial charge in [-0.15, -0.1) is 0 Å². The van der Waals surface area contributed by atoms with Crippen LogP contribution < -0.4 is 5.32 Å². The molecule has 0 amide bonds. The van der Waals surface area contributed by atoms with E-state index < -0.39 is 24.7 Å². The van der Waals surface area contributed by atoms with Crippen molar-refractivity contribution in [3.05, 3.63) is 0 Å². The van der Waals surface area contributed by atoms with E-state index in [0.717, 1.165) is 0 Å². The summed E-state index contributed by atoms with van der Waals surface area (Å²) in [5.41, 5.74) is -0.846. The topological polar surface area (TPSA) is 52.5 Å². The van der Waals surface area contributed by atoms with E-state index in [9.17, 15) is 13.9 Å². The maximum absolute atomic E-state index is 12.4. The third kappa shape index (κ3) is 8.08. The minimum absolute atomic E-state index is 0.305. The molecule has 0 atom stereocenters. The molecule has 0 spiro atoms. The summed E-state index contributed by atoms with van der Waals surface area (Å²) >= 11 is 0. The van der Waals surface area contributed by atoms with Gasteiger partial charge in [-0.3, -0.25) is 0 Å². The van der Waals surface area contributed by atoms with Crippen LogP contribution in [0.2, 0.25) is 0 Å². The van der Waals surface area contributed by atoms with E-state index in [2.05, 4.69) is 5.32 Å². The third-order valence-electron chi connectivity index (χ3n) is 1.53. The fourth-order valence-corrected chi connectivity index (χ4v) is 0.721. The Bertz CT molecular complexity index is 146. The number of aliphatic hydroxyl groups is 2. The molecule has 3 N–H and O–H groups in total. The Morgan fingerprint density at radius 3 is 2.23 bits per heavy atom. The lowest BCUT2D eigenvalue weighted by atomic mass is 10.1. The maximum Gasteiger partial charge on any atom is 0.282 e. The van der Waals surface area contributed by atoms with Crippen molar-refractivity contribution in [2.75, 3.05) is 19.7 Å². The Hall–Kier alpha value is -0.260. The number of aliphatic hydroxyl groups excluding tert-OH is 1. The molecule has 0 saturated heterocycles. The average Bonchev–Trinajstić information content (AvgIpc) is 1.97. The summed E-state index contributed by atoms with van der Waals surface area (Å²) in [6.07, 6.45) is 0.397. The molecule has 0 rings (SSSR count). The lowest BCUT2D eigenvalue weighted by Gasteiger charge is -2.19. The van der Waals surface area contributed by atoms with Crippen LogP contribution >= 0.6 is 0 Å². The summed E-state index contributed by atoms with van der Waals surface area (Å²) in [5, 5.41) is 19.9. The van der Waals surface area contributed by atoms with Crippen molar-refractivity contribution in [1.29, 1.82) is 0 Å². The van der Waals surface area contributed by atoms with Gasteiger partial charge < -0.3 is 15.5 Å². The second-order valence-electron chi connectivity index (χ2n) is 3.75. The van der Waals surface area contributed by atoms with Gasteiger partial charge in [-0.2, -0.15) is 0 Å². The minimum atomic E-state index is -3.07. The lowest BCUT2D eigenvalue weighted by Crippen LogP contribution is -2.38. The highest BCUT2D eigenvalue weighted by Crippen LogP contribution is 2.10. The molecule has 0 aromatic carbocycles. The van der Waals surface area contributed by atoms with E-state index in [-0.39, 0.29) is 0 Å². The summed E-state index contributed by atoms with van der Waals surface area (Å²) in [6.45, 7) is 1.82. The molecule has 5 heteroatoms. The standard InChI is InChI=1S/C8H17F2NO2/c1-7(2,13)3-4-11-5-8(9,10)6-12/h11-13H,3-6H2,1-2H3. The molecule has 0 fully saturated rings. The van der Waals surface area contributed by atoms with E-state index in [0.29, 0.717) is 13.0 Å². The molecular weight excluding hydrogens is 180 g/mol. The van der Waals surface area contributed by atoms with Crippen molar-refractivity contribution in [2.24, 2.45) is 0 Å². The van der Waals surface area contributed by atoms with Crippen LogP contribution in [0.5, 0.6) is 0 Å². The van der Waals surface area contributed by atoms with Crippen LogP contribution in [0.1, 0.15) is 20.3 Å². The first-order valence-corrected chi connectivity index (χ1v) is 4.19. The van der Waals surface area contributed by atoms with Crippen molar-refractivity contribution in [1.82, 2.24) is 5.32 Å². The Morgan fingerprint density at radius 1 is 1.31 bits per heavy atom. The van der Waals surface area contributed by atoms with Crippen LogP contribution in [0, 0.1) is 0 Å². The van der Waals surface area contributed by atoms with Gasteiger partial charge in [-0.1, -0.05) is 0 Å². The largest absolute Gasteiger partial charge is 0.390 e. The van der Waals surface area contributed by atoms with Crippen LogP contribution in [0.25, 0.3) is 0 Å². The quantitative estimate of drug-likeness (QED) is 0.539. The van der Waals surface area contributed by atoms with Crippen LogP contribution in [0.4, 0.5) is 8.78 Å². The molecule has 0 unspecified atom stereocenters. The van der Waals surface area contributed by atoms with E-state index >= 15 is 0 Å². The summed E-state index contributed by atoms with van der Waals surface area (Å²) < 4.78 is 24.8. The zero-order valence-electron chi connectivity index (χ0n) is 7.98. The van der Waals surface area contributed by atoms with E-state index in [1.165, 1.54) is 0 Å². The zero-order chi connectivity index (χ0) is 10.5. The molecule has 13 heavy (non-hydrogen) atoms.